The first-order chi connectivity index (χ1) is 17.2. The largest absolute Gasteiger partial charge is 0.393 e. The molecule has 9 atom stereocenters. The molecule has 1 unspecified atom stereocenters. The maximum atomic E-state index is 12.6. The van der Waals surface area contributed by atoms with Gasteiger partial charge in [0, 0.05) is 12.0 Å². The van der Waals surface area contributed by atoms with Gasteiger partial charge in [0.2, 0.25) is 0 Å². The standard InChI is InChI=1S/C34H50O2/c1-23(21-32(36)25-11-6-5-7-12-25)9-8-10-24(2)29-15-16-30-28-14-13-26-22-27(35)17-19-33(26,3)31(28)18-20-34(29,30)4/h5-7,11-13,23-24,27-31,35H,8-10,14-22H2,1-4H3/t23?,24-,27+,28+,29-,30+,31+,33+,34-/m1/s1. The molecule has 2 heteroatoms. The van der Waals surface area contributed by atoms with Crippen LogP contribution in [0.2, 0.25) is 0 Å². The minimum absolute atomic E-state index is 0.106. The van der Waals surface area contributed by atoms with E-state index in [0.717, 1.165) is 54.4 Å². The molecule has 1 aromatic rings. The monoisotopic (exact) mass is 490 g/mol. The number of benzene rings is 1. The van der Waals surface area contributed by atoms with E-state index in [9.17, 15) is 9.90 Å². The summed E-state index contributed by atoms with van der Waals surface area (Å²) in [5.41, 5.74) is 3.31. The second kappa shape index (κ2) is 10.4. The van der Waals surface area contributed by atoms with E-state index in [0.29, 0.717) is 29.0 Å². The van der Waals surface area contributed by atoms with Gasteiger partial charge in [-0.05, 0) is 97.7 Å². The number of allylic oxidation sites excluding steroid dienone is 1. The molecular formula is C34H50O2. The van der Waals surface area contributed by atoms with Crippen molar-refractivity contribution < 1.29 is 9.90 Å². The first-order valence-corrected chi connectivity index (χ1v) is 15.2. The third kappa shape index (κ3) is 4.77. The van der Waals surface area contributed by atoms with Gasteiger partial charge in [0.15, 0.2) is 5.78 Å². The zero-order valence-corrected chi connectivity index (χ0v) is 23.3. The van der Waals surface area contributed by atoms with E-state index in [4.69, 9.17) is 0 Å². The van der Waals surface area contributed by atoms with Gasteiger partial charge in [0.05, 0.1) is 6.10 Å². The van der Waals surface area contributed by atoms with Crippen molar-refractivity contribution in [2.75, 3.05) is 0 Å². The summed E-state index contributed by atoms with van der Waals surface area (Å²) in [7, 11) is 0. The molecule has 3 saturated carbocycles. The number of fused-ring (bicyclic) bond motifs is 5. The molecule has 5 rings (SSSR count). The molecule has 1 aromatic carbocycles. The lowest BCUT2D eigenvalue weighted by atomic mass is 9.47. The van der Waals surface area contributed by atoms with Crippen LogP contribution in [0.3, 0.4) is 0 Å². The van der Waals surface area contributed by atoms with Crippen LogP contribution < -0.4 is 0 Å². The average Bonchev–Trinajstić information content (AvgIpc) is 3.22. The Kier molecular flexibility index (Phi) is 7.57. The molecule has 0 saturated heterocycles. The van der Waals surface area contributed by atoms with Crippen molar-refractivity contribution in [3.8, 4) is 0 Å². The molecule has 4 aliphatic carbocycles. The van der Waals surface area contributed by atoms with Crippen molar-refractivity contribution >= 4 is 5.78 Å². The summed E-state index contributed by atoms with van der Waals surface area (Å²) in [6.45, 7) is 10.0. The number of hydrogen-bond donors (Lipinski definition) is 1. The zero-order chi connectivity index (χ0) is 25.5. The lowest BCUT2D eigenvalue weighted by Crippen LogP contribution is -2.50. The lowest BCUT2D eigenvalue weighted by Gasteiger charge is -2.58. The van der Waals surface area contributed by atoms with E-state index in [1.165, 1.54) is 51.4 Å². The van der Waals surface area contributed by atoms with Crippen LogP contribution in [0.4, 0.5) is 0 Å². The van der Waals surface area contributed by atoms with Gasteiger partial charge in [-0.1, -0.05) is 88.9 Å². The Morgan fingerprint density at radius 1 is 1.00 bits per heavy atom. The molecule has 0 aromatic heterocycles. The van der Waals surface area contributed by atoms with Crippen LogP contribution in [0.1, 0.15) is 115 Å². The van der Waals surface area contributed by atoms with Crippen LogP contribution in [0.15, 0.2) is 42.0 Å². The number of carbonyl (C=O) groups is 1. The smallest absolute Gasteiger partial charge is 0.163 e. The average molecular weight is 491 g/mol. The molecular weight excluding hydrogens is 440 g/mol. The number of hydrogen-bond acceptors (Lipinski definition) is 2. The molecule has 198 valence electrons. The minimum atomic E-state index is -0.106. The molecule has 36 heavy (non-hydrogen) atoms. The molecule has 3 fully saturated rings. The maximum Gasteiger partial charge on any atom is 0.163 e. The van der Waals surface area contributed by atoms with E-state index in [2.05, 4.69) is 33.8 Å². The predicted octanol–water partition coefficient (Wildman–Crippen LogP) is 8.64. The molecule has 0 radical (unpaired) electrons. The SMILES string of the molecule is CC(CCC[C@@H](C)[C@H]1CC[C@H]2[C@@H]3CC=C4C[C@@H](O)CC[C@]4(C)[C@H]3CC[C@]12C)CC(=O)c1ccccc1. The second-order valence-electron chi connectivity index (χ2n) is 13.9. The van der Waals surface area contributed by atoms with Crippen molar-refractivity contribution in [3.63, 3.8) is 0 Å². The van der Waals surface area contributed by atoms with Crippen LogP contribution in [-0.4, -0.2) is 17.0 Å². The summed E-state index contributed by atoms with van der Waals surface area (Å²) in [5.74, 6) is 4.97. The van der Waals surface area contributed by atoms with Gasteiger partial charge < -0.3 is 5.11 Å². The number of ketones is 1. The molecule has 0 heterocycles. The maximum absolute atomic E-state index is 12.6. The van der Waals surface area contributed by atoms with E-state index in [1.807, 2.05) is 30.3 Å². The van der Waals surface area contributed by atoms with Crippen molar-refractivity contribution in [2.24, 2.45) is 46.3 Å². The molecule has 0 spiro atoms. The van der Waals surface area contributed by atoms with Crippen LogP contribution in [0, 0.1) is 46.3 Å². The van der Waals surface area contributed by atoms with E-state index >= 15 is 0 Å². The first kappa shape index (κ1) is 26.2. The van der Waals surface area contributed by atoms with Gasteiger partial charge >= 0.3 is 0 Å². The number of Topliss-reactive ketones (excluding diaryl/α,β-unsaturated/α-hetero) is 1. The van der Waals surface area contributed by atoms with E-state index < -0.39 is 0 Å². The normalized spacial score (nSPS) is 39.4. The highest BCUT2D eigenvalue weighted by atomic mass is 16.3. The van der Waals surface area contributed by atoms with Gasteiger partial charge in [0.25, 0.3) is 0 Å². The summed E-state index contributed by atoms with van der Waals surface area (Å²) in [4.78, 5) is 12.6. The highest BCUT2D eigenvalue weighted by molar-refractivity contribution is 5.96. The number of aliphatic hydroxyl groups excluding tert-OH is 1. The Bertz CT molecular complexity index is 949. The quantitative estimate of drug-likeness (QED) is 0.292. The van der Waals surface area contributed by atoms with Crippen LogP contribution in [0.5, 0.6) is 0 Å². The fourth-order valence-electron chi connectivity index (χ4n) is 9.77. The lowest BCUT2D eigenvalue weighted by molar-refractivity contribution is -0.0573. The van der Waals surface area contributed by atoms with Crippen molar-refractivity contribution in [3.05, 3.63) is 47.5 Å². The van der Waals surface area contributed by atoms with Crippen LogP contribution >= 0.6 is 0 Å². The fraction of sp³-hybridized carbons (Fsp3) is 0.735. The van der Waals surface area contributed by atoms with Crippen molar-refractivity contribution in [1.82, 2.24) is 0 Å². The molecule has 1 N–H and O–H groups in total. The fourth-order valence-corrected chi connectivity index (χ4v) is 9.77. The Balaban J connectivity index is 1.16. The summed E-state index contributed by atoms with van der Waals surface area (Å²) in [6, 6.07) is 9.80. The summed E-state index contributed by atoms with van der Waals surface area (Å²) >= 11 is 0. The van der Waals surface area contributed by atoms with E-state index in [-0.39, 0.29) is 6.10 Å². The molecule has 0 aliphatic heterocycles. The Hall–Kier alpha value is -1.41. The summed E-state index contributed by atoms with van der Waals surface area (Å²) < 4.78 is 0. The number of carbonyl (C=O) groups excluding carboxylic acids is 1. The van der Waals surface area contributed by atoms with Gasteiger partial charge in [-0.3, -0.25) is 4.79 Å². The minimum Gasteiger partial charge on any atom is -0.393 e. The van der Waals surface area contributed by atoms with Crippen molar-refractivity contribution in [1.29, 1.82) is 0 Å². The van der Waals surface area contributed by atoms with Gasteiger partial charge in [-0.2, -0.15) is 0 Å². The molecule has 2 nitrogen and oxygen atoms in total. The predicted molar refractivity (Wildman–Crippen MR) is 149 cm³/mol. The molecule has 4 aliphatic rings. The van der Waals surface area contributed by atoms with Crippen molar-refractivity contribution in [2.45, 2.75) is 111 Å². The third-order valence-corrected chi connectivity index (χ3v) is 11.8. The van der Waals surface area contributed by atoms with Gasteiger partial charge in [-0.25, -0.2) is 0 Å². The van der Waals surface area contributed by atoms with Crippen LogP contribution in [0.25, 0.3) is 0 Å². The Labute approximate surface area is 220 Å². The molecule has 0 amide bonds. The summed E-state index contributed by atoms with van der Waals surface area (Å²) in [6.07, 6.45) is 16.9. The molecule has 0 bridgehead atoms. The van der Waals surface area contributed by atoms with Gasteiger partial charge in [-0.15, -0.1) is 0 Å². The third-order valence-electron chi connectivity index (χ3n) is 11.8. The second-order valence-corrected chi connectivity index (χ2v) is 13.9. The number of rotatable bonds is 8. The van der Waals surface area contributed by atoms with E-state index in [1.54, 1.807) is 5.57 Å². The topological polar surface area (TPSA) is 37.3 Å². The highest BCUT2D eigenvalue weighted by Gasteiger charge is 2.59. The first-order valence-electron chi connectivity index (χ1n) is 15.2. The number of aliphatic hydroxyl groups is 1. The van der Waals surface area contributed by atoms with Crippen LogP contribution in [-0.2, 0) is 0 Å². The Morgan fingerprint density at radius 3 is 2.56 bits per heavy atom. The van der Waals surface area contributed by atoms with Gasteiger partial charge in [0.1, 0.15) is 0 Å². The Morgan fingerprint density at radius 2 is 1.78 bits per heavy atom. The zero-order valence-electron chi connectivity index (χ0n) is 23.3. The highest BCUT2D eigenvalue weighted by Crippen LogP contribution is 2.67. The summed E-state index contributed by atoms with van der Waals surface area (Å²) in [5, 5.41) is 10.3.